The van der Waals surface area contributed by atoms with Crippen molar-refractivity contribution in [3.63, 3.8) is 0 Å². The van der Waals surface area contributed by atoms with Crippen LogP contribution in [0.1, 0.15) is 27.2 Å². The Labute approximate surface area is 72.7 Å². The smallest absolute Gasteiger partial charge is 0.308 e. The van der Waals surface area contributed by atoms with E-state index in [0.29, 0.717) is 0 Å². The van der Waals surface area contributed by atoms with E-state index in [1.165, 1.54) is 0 Å². The van der Waals surface area contributed by atoms with Gasteiger partial charge in [0, 0.05) is 5.92 Å². The summed E-state index contributed by atoms with van der Waals surface area (Å²) in [5.41, 5.74) is 0. The summed E-state index contributed by atoms with van der Waals surface area (Å²) in [4.78, 5) is 11.0. The highest BCUT2D eigenvalue weighted by Gasteiger charge is 2.36. The van der Waals surface area contributed by atoms with Gasteiger partial charge in [-0.2, -0.15) is 0 Å². The molecule has 0 spiro atoms. The van der Waals surface area contributed by atoms with Gasteiger partial charge in [0.15, 0.2) is 0 Å². The molecule has 1 saturated heterocycles. The predicted molar refractivity (Wildman–Crippen MR) is 44.5 cm³/mol. The number of cyclic esters (lactones) is 1. The van der Waals surface area contributed by atoms with E-state index < -0.39 is 6.10 Å². The van der Waals surface area contributed by atoms with Crippen LogP contribution in [0.3, 0.4) is 0 Å². The summed E-state index contributed by atoms with van der Waals surface area (Å²) < 4.78 is 5.13. The number of hydrogen-bond acceptors (Lipinski definition) is 3. The first-order valence-electron chi connectivity index (χ1n) is 4.40. The molecular formula is C9H16O3. The number of carbonyl (C=O) groups excluding carboxylic acids is 1. The third kappa shape index (κ3) is 1.78. The van der Waals surface area contributed by atoms with Crippen LogP contribution in [-0.4, -0.2) is 23.3 Å². The van der Waals surface area contributed by atoms with Crippen LogP contribution in [0.25, 0.3) is 0 Å². The van der Waals surface area contributed by atoms with Crippen molar-refractivity contribution in [3.05, 3.63) is 0 Å². The Kier molecular flexibility index (Phi) is 2.73. The molecule has 3 heteroatoms. The Hall–Kier alpha value is -0.570. The van der Waals surface area contributed by atoms with Crippen molar-refractivity contribution in [1.82, 2.24) is 0 Å². The fourth-order valence-corrected chi connectivity index (χ4v) is 1.63. The number of aliphatic hydroxyl groups excluding tert-OH is 1. The molecular weight excluding hydrogens is 156 g/mol. The van der Waals surface area contributed by atoms with Crippen molar-refractivity contribution >= 4 is 5.97 Å². The van der Waals surface area contributed by atoms with Gasteiger partial charge in [-0.1, -0.05) is 20.8 Å². The summed E-state index contributed by atoms with van der Waals surface area (Å²) in [7, 11) is 0. The van der Waals surface area contributed by atoms with Crippen molar-refractivity contribution in [1.29, 1.82) is 0 Å². The highest BCUT2D eigenvalue weighted by molar-refractivity contribution is 5.71. The normalized spacial score (nSPS) is 36.8. The molecule has 12 heavy (non-hydrogen) atoms. The van der Waals surface area contributed by atoms with Gasteiger partial charge >= 0.3 is 5.97 Å². The van der Waals surface area contributed by atoms with Gasteiger partial charge in [0.05, 0.1) is 12.5 Å². The predicted octanol–water partition coefficient (Wildman–Crippen LogP) is 0.955. The van der Waals surface area contributed by atoms with E-state index in [2.05, 4.69) is 0 Å². The molecule has 0 radical (unpaired) electrons. The van der Waals surface area contributed by atoms with Gasteiger partial charge in [-0.3, -0.25) is 4.79 Å². The van der Waals surface area contributed by atoms with Gasteiger partial charge in [-0.05, 0) is 5.92 Å². The van der Waals surface area contributed by atoms with Crippen molar-refractivity contribution in [2.24, 2.45) is 11.8 Å². The summed E-state index contributed by atoms with van der Waals surface area (Å²) in [6.45, 7) is 5.90. The third-order valence-electron chi connectivity index (χ3n) is 2.43. The number of carbonyl (C=O) groups is 1. The van der Waals surface area contributed by atoms with E-state index in [-0.39, 0.29) is 30.3 Å². The molecule has 3 unspecified atom stereocenters. The van der Waals surface area contributed by atoms with Crippen molar-refractivity contribution in [2.45, 2.75) is 39.4 Å². The number of esters is 1. The highest BCUT2D eigenvalue weighted by Crippen LogP contribution is 2.26. The van der Waals surface area contributed by atoms with Crippen LogP contribution >= 0.6 is 0 Å². The van der Waals surface area contributed by atoms with Gasteiger partial charge in [0.25, 0.3) is 0 Å². The van der Waals surface area contributed by atoms with Crippen molar-refractivity contribution < 1.29 is 14.6 Å². The second-order valence-electron chi connectivity index (χ2n) is 3.83. The average Bonchev–Trinajstić information content (AvgIpc) is 1.96. The lowest BCUT2D eigenvalue weighted by atomic mass is 9.87. The van der Waals surface area contributed by atoms with Gasteiger partial charge in [0.2, 0.25) is 0 Å². The molecule has 1 N–H and O–H groups in total. The highest BCUT2D eigenvalue weighted by atomic mass is 16.5. The zero-order valence-corrected chi connectivity index (χ0v) is 7.78. The Morgan fingerprint density at radius 2 is 2.17 bits per heavy atom. The SMILES string of the molecule is CC(C)C1OC(=O)CC(O)C1C. The van der Waals surface area contributed by atoms with E-state index >= 15 is 0 Å². The molecule has 0 amide bonds. The summed E-state index contributed by atoms with van der Waals surface area (Å²) in [6, 6.07) is 0. The molecule has 3 atom stereocenters. The second kappa shape index (κ2) is 3.44. The average molecular weight is 172 g/mol. The van der Waals surface area contributed by atoms with Crippen LogP contribution in [-0.2, 0) is 9.53 Å². The molecule has 1 heterocycles. The lowest BCUT2D eigenvalue weighted by Gasteiger charge is -2.34. The minimum absolute atomic E-state index is 0.0581. The first-order valence-corrected chi connectivity index (χ1v) is 4.40. The van der Waals surface area contributed by atoms with Crippen molar-refractivity contribution in [2.75, 3.05) is 0 Å². The molecule has 0 aliphatic carbocycles. The molecule has 0 aromatic rings. The molecule has 0 bridgehead atoms. The van der Waals surface area contributed by atoms with Crippen LogP contribution in [0, 0.1) is 11.8 Å². The lowest BCUT2D eigenvalue weighted by Crippen LogP contribution is -2.43. The summed E-state index contributed by atoms with van der Waals surface area (Å²) in [5, 5.41) is 9.47. The van der Waals surface area contributed by atoms with Crippen LogP contribution in [0.2, 0.25) is 0 Å². The van der Waals surface area contributed by atoms with Crippen LogP contribution in [0.4, 0.5) is 0 Å². The van der Waals surface area contributed by atoms with E-state index in [1.807, 2.05) is 20.8 Å². The molecule has 1 aliphatic heterocycles. The number of aliphatic hydroxyl groups is 1. The Balaban J connectivity index is 2.66. The molecule has 0 aromatic heterocycles. The fourth-order valence-electron chi connectivity index (χ4n) is 1.63. The largest absolute Gasteiger partial charge is 0.462 e. The molecule has 0 saturated carbocycles. The molecule has 1 aliphatic rings. The fraction of sp³-hybridized carbons (Fsp3) is 0.889. The van der Waals surface area contributed by atoms with Gasteiger partial charge < -0.3 is 9.84 Å². The topological polar surface area (TPSA) is 46.5 Å². The van der Waals surface area contributed by atoms with E-state index in [9.17, 15) is 9.90 Å². The molecule has 1 rings (SSSR count). The molecule has 1 fully saturated rings. The standard InChI is InChI=1S/C9H16O3/c1-5(2)9-6(3)7(10)4-8(11)12-9/h5-7,9-10H,4H2,1-3H3. The van der Waals surface area contributed by atoms with Gasteiger partial charge in [0.1, 0.15) is 6.10 Å². The quantitative estimate of drug-likeness (QED) is 0.599. The van der Waals surface area contributed by atoms with E-state index in [4.69, 9.17) is 4.74 Å². The summed E-state index contributed by atoms with van der Waals surface area (Å²) in [6.07, 6.45) is -0.510. The minimum atomic E-state index is -0.529. The second-order valence-corrected chi connectivity index (χ2v) is 3.83. The zero-order chi connectivity index (χ0) is 9.30. The Morgan fingerprint density at radius 3 is 2.67 bits per heavy atom. The number of ether oxygens (including phenoxy) is 1. The lowest BCUT2D eigenvalue weighted by molar-refractivity contribution is -0.171. The maximum absolute atomic E-state index is 11.0. The number of rotatable bonds is 1. The maximum atomic E-state index is 11.0. The first kappa shape index (κ1) is 9.52. The maximum Gasteiger partial charge on any atom is 0.308 e. The van der Waals surface area contributed by atoms with Gasteiger partial charge in [-0.25, -0.2) is 0 Å². The monoisotopic (exact) mass is 172 g/mol. The molecule has 3 nitrogen and oxygen atoms in total. The van der Waals surface area contributed by atoms with Gasteiger partial charge in [-0.15, -0.1) is 0 Å². The summed E-state index contributed by atoms with van der Waals surface area (Å²) >= 11 is 0. The third-order valence-corrected chi connectivity index (χ3v) is 2.43. The van der Waals surface area contributed by atoms with Crippen LogP contribution in [0.5, 0.6) is 0 Å². The summed E-state index contributed by atoms with van der Waals surface area (Å²) in [5.74, 6) is 0.0564. The van der Waals surface area contributed by atoms with Crippen LogP contribution in [0.15, 0.2) is 0 Å². The van der Waals surface area contributed by atoms with Crippen molar-refractivity contribution in [3.8, 4) is 0 Å². The van der Waals surface area contributed by atoms with E-state index in [1.54, 1.807) is 0 Å². The Bertz CT molecular complexity index is 177. The van der Waals surface area contributed by atoms with Crippen LogP contribution < -0.4 is 0 Å². The van der Waals surface area contributed by atoms with E-state index in [0.717, 1.165) is 0 Å². The Morgan fingerprint density at radius 1 is 1.58 bits per heavy atom. The molecule has 0 aromatic carbocycles. The minimum Gasteiger partial charge on any atom is -0.462 e. The zero-order valence-electron chi connectivity index (χ0n) is 7.78. The molecule has 70 valence electrons. The number of hydrogen-bond donors (Lipinski definition) is 1. The first-order chi connectivity index (χ1) is 5.52.